The minimum Gasteiger partial charge on any atom is -0.508 e. The normalized spacial score (nSPS) is 10.1. The van der Waals surface area contributed by atoms with Crippen molar-refractivity contribution in [3.05, 3.63) is 23.8 Å². The highest BCUT2D eigenvalue weighted by Gasteiger charge is 2.13. The Bertz CT molecular complexity index is 479. The summed E-state index contributed by atoms with van der Waals surface area (Å²) in [6.07, 6.45) is 3.91. The molecule has 1 rings (SSSR count). The van der Waals surface area contributed by atoms with Crippen molar-refractivity contribution in [2.24, 2.45) is 0 Å². The standard InChI is InChI=1S/C13H18N2O4S/c1-20-7-3-2-6-14-13(19)15-11-5-4-9(16)8-10(11)12(17)18/h4-5,8,16H,2-3,6-7H2,1H3,(H,17,18)(H2,14,15,19). The largest absolute Gasteiger partial charge is 0.508 e. The van der Waals surface area contributed by atoms with Crippen molar-refractivity contribution < 1.29 is 19.8 Å². The second-order valence-corrected chi connectivity index (χ2v) is 5.10. The molecule has 0 aliphatic rings. The van der Waals surface area contributed by atoms with Gasteiger partial charge in [0.1, 0.15) is 5.75 Å². The van der Waals surface area contributed by atoms with Crippen LogP contribution >= 0.6 is 11.8 Å². The number of hydrogen-bond acceptors (Lipinski definition) is 4. The molecule has 0 aromatic heterocycles. The number of thioether (sulfide) groups is 1. The summed E-state index contributed by atoms with van der Waals surface area (Å²) in [5.74, 6) is -0.327. The number of phenolic OH excluding ortho intramolecular Hbond substituents is 1. The molecule has 2 amide bonds. The van der Waals surface area contributed by atoms with Crippen molar-refractivity contribution in [1.82, 2.24) is 5.32 Å². The highest BCUT2D eigenvalue weighted by molar-refractivity contribution is 7.98. The van der Waals surface area contributed by atoms with E-state index in [9.17, 15) is 14.7 Å². The lowest BCUT2D eigenvalue weighted by Crippen LogP contribution is -2.30. The van der Waals surface area contributed by atoms with Crippen LogP contribution in [0.15, 0.2) is 18.2 Å². The maximum absolute atomic E-state index is 11.6. The molecule has 1 aromatic carbocycles. The number of hydrogen-bond donors (Lipinski definition) is 4. The fourth-order valence-corrected chi connectivity index (χ4v) is 2.05. The predicted octanol–water partition coefficient (Wildman–Crippen LogP) is 2.36. The number of carboxylic acid groups (broad SMARTS) is 1. The summed E-state index contributed by atoms with van der Waals surface area (Å²) in [6, 6.07) is 3.31. The number of carbonyl (C=O) groups is 2. The van der Waals surface area contributed by atoms with Crippen LogP contribution in [0.25, 0.3) is 0 Å². The molecule has 0 spiro atoms. The van der Waals surface area contributed by atoms with Crippen LogP contribution in [0.2, 0.25) is 0 Å². The molecule has 110 valence electrons. The number of aromatic carboxylic acids is 1. The summed E-state index contributed by atoms with van der Waals surface area (Å²) >= 11 is 1.75. The molecule has 0 fully saturated rings. The number of carboxylic acids is 1. The van der Waals surface area contributed by atoms with E-state index >= 15 is 0 Å². The van der Waals surface area contributed by atoms with Gasteiger partial charge in [-0.15, -0.1) is 0 Å². The third-order valence-electron chi connectivity index (χ3n) is 2.54. The molecule has 7 heteroatoms. The Balaban J connectivity index is 2.51. The first-order valence-electron chi connectivity index (χ1n) is 6.14. The Labute approximate surface area is 121 Å². The fraction of sp³-hybridized carbons (Fsp3) is 0.385. The van der Waals surface area contributed by atoms with Crippen molar-refractivity contribution >= 4 is 29.4 Å². The van der Waals surface area contributed by atoms with E-state index in [0.29, 0.717) is 6.54 Å². The molecular formula is C13H18N2O4S. The number of benzene rings is 1. The van der Waals surface area contributed by atoms with Gasteiger partial charge in [-0.2, -0.15) is 11.8 Å². The van der Waals surface area contributed by atoms with Crippen LogP contribution in [0.1, 0.15) is 23.2 Å². The molecule has 0 unspecified atom stereocenters. The zero-order chi connectivity index (χ0) is 15.0. The maximum atomic E-state index is 11.6. The van der Waals surface area contributed by atoms with Crippen LogP contribution in [0.4, 0.5) is 10.5 Å². The van der Waals surface area contributed by atoms with Crippen LogP contribution in [-0.2, 0) is 0 Å². The van der Waals surface area contributed by atoms with Crippen molar-refractivity contribution in [2.75, 3.05) is 23.9 Å². The average molecular weight is 298 g/mol. The molecule has 0 radical (unpaired) electrons. The van der Waals surface area contributed by atoms with Crippen molar-refractivity contribution in [2.45, 2.75) is 12.8 Å². The molecule has 0 saturated heterocycles. The number of urea groups is 1. The lowest BCUT2D eigenvalue weighted by Gasteiger charge is -2.10. The minimum atomic E-state index is -1.21. The molecule has 0 bridgehead atoms. The zero-order valence-electron chi connectivity index (χ0n) is 11.2. The number of unbranched alkanes of at least 4 members (excludes halogenated alkanes) is 1. The van der Waals surface area contributed by atoms with Crippen LogP contribution < -0.4 is 10.6 Å². The van der Waals surface area contributed by atoms with E-state index in [4.69, 9.17) is 5.11 Å². The number of nitrogens with one attached hydrogen (secondary N) is 2. The fourth-order valence-electron chi connectivity index (χ4n) is 1.56. The van der Waals surface area contributed by atoms with E-state index in [2.05, 4.69) is 10.6 Å². The molecule has 0 aliphatic carbocycles. The summed E-state index contributed by atoms with van der Waals surface area (Å²) in [6.45, 7) is 0.535. The molecule has 20 heavy (non-hydrogen) atoms. The van der Waals surface area contributed by atoms with E-state index in [1.807, 2.05) is 6.26 Å². The Morgan fingerprint density at radius 1 is 1.30 bits per heavy atom. The monoisotopic (exact) mass is 298 g/mol. The Morgan fingerprint density at radius 2 is 2.05 bits per heavy atom. The topological polar surface area (TPSA) is 98.7 Å². The first-order chi connectivity index (χ1) is 9.54. The van der Waals surface area contributed by atoms with Gasteiger partial charge in [0.05, 0.1) is 11.3 Å². The van der Waals surface area contributed by atoms with Crippen LogP contribution in [-0.4, -0.2) is 40.8 Å². The lowest BCUT2D eigenvalue weighted by molar-refractivity contribution is 0.0697. The number of phenols is 1. The van der Waals surface area contributed by atoms with Gasteiger partial charge in [0, 0.05) is 6.54 Å². The van der Waals surface area contributed by atoms with Crippen molar-refractivity contribution in [1.29, 1.82) is 0 Å². The first-order valence-corrected chi connectivity index (χ1v) is 7.54. The highest BCUT2D eigenvalue weighted by Crippen LogP contribution is 2.21. The molecule has 0 heterocycles. The first kappa shape index (κ1) is 16.2. The molecule has 1 aromatic rings. The Morgan fingerprint density at radius 3 is 2.70 bits per heavy atom. The van der Waals surface area contributed by atoms with E-state index in [1.165, 1.54) is 12.1 Å². The van der Waals surface area contributed by atoms with Gasteiger partial charge < -0.3 is 20.8 Å². The maximum Gasteiger partial charge on any atom is 0.337 e. The number of anilines is 1. The lowest BCUT2D eigenvalue weighted by atomic mass is 10.1. The van der Waals surface area contributed by atoms with Crippen molar-refractivity contribution in [3.8, 4) is 5.75 Å². The second kappa shape index (κ2) is 8.31. The Hall–Kier alpha value is -1.89. The number of rotatable bonds is 7. The zero-order valence-corrected chi connectivity index (χ0v) is 12.0. The molecule has 4 N–H and O–H groups in total. The number of aromatic hydroxyl groups is 1. The summed E-state index contributed by atoms with van der Waals surface area (Å²) in [4.78, 5) is 22.6. The van der Waals surface area contributed by atoms with Gasteiger partial charge in [0.15, 0.2) is 0 Å². The van der Waals surface area contributed by atoms with Crippen LogP contribution in [0, 0.1) is 0 Å². The van der Waals surface area contributed by atoms with Gasteiger partial charge in [-0.3, -0.25) is 0 Å². The SMILES string of the molecule is CSCCCCNC(=O)Nc1ccc(O)cc1C(=O)O. The van der Waals surface area contributed by atoms with E-state index in [-0.39, 0.29) is 17.0 Å². The van der Waals surface area contributed by atoms with Crippen LogP contribution in [0.5, 0.6) is 5.75 Å². The molecule has 0 atom stereocenters. The Kier molecular flexibility index (Phi) is 6.72. The van der Waals surface area contributed by atoms with E-state index in [0.717, 1.165) is 24.7 Å². The summed E-state index contributed by atoms with van der Waals surface area (Å²) < 4.78 is 0. The van der Waals surface area contributed by atoms with Gasteiger partial charge in [0.2, 0.25) is 0 Å². The quantitative estimate of drug-likeness (QED) is 0.457. The van der Waals surface area contributed by atoms with E-state index in [1.54, 1.807) is 11.8 Å². The molecule has 0 aliphatic heterocycles. The predicted molar refractivity (Wildman–Crippen MR) is 79.7 cm³/mol. The third-order valence-corrected chi connectivity index (χ3v) is 3.24. The van der Waals surface area contributed by atoms with Gasteiger partial charge >= 0.3 is 12.0 Å². The third kappa shape index (κ3) is 5.40. The summed E-state index contributed by atoms with van der Waals surface area (Å²) in [5, 5.41) is 23.4. The highest BCUT2D eigenvalue weighted by atomic mass is 32.2. The van der Waals surface area contributed by atoms with E-state index < -0.39 is 12.0 Å². The molecule has 6 nitrogen and oxygen atoms in total. The van der Waals surface area contributed by atoms with Crippen molar-refractivity contribution in [3.63, 3.8) is 0 Å². The average Bonchev–Trinajstić information content (AvgIpc) is 2.40. The van der Waals surface area contributed by atoms with Crippen LogP contribution in [0.3, 0.4) is 0 Å². The van der Waals surface area contributed by atoms with Gasteiger partial charge in [-0.25, -0.2) is 9.59 Å². The number of carbonyl (C=O) groups excluding carboxylic acids is 1. The molecular weight excluding hydrogens is 280 g/mol. The molecule has 0 saturated carbocycles. The number of amides is 2. The second-order valence-electron chi connectivity index (χ2n) is 4.12. The van der Waals surface area contributed by atoms with Gasteiger partial charge in [-0.05, 0) is 43.0 Å². The smallest absolute Gasteiger partial charge is 0.337 e. The summed E-state index contributed by atoms with van der Waals surface area (Å²) in [5.41, 5.74) is -0.000512. The minimum absolute atomic E-state index is 0.150. The van der Waals surface area contributed by atoms with Gasteiger partial charge in [0.25, 0.3) is 0 Å². The summed E-state index contributed by atoms with van der Waals surface area (Å²) in [7, 11) is 0. The van der Waals surface area contributed by atoms with Gasteiger partial charge in [-0.1, -0.05) is 0 Å².